The van der Waals surface area contributed by atoms with Crippen LogP contribution in [0.4, 0.5) is 11.4 Å². The van der Waals surface area contributed by atoms with Crippen molar-refractivity contribution >= 4 is 90.7 Å². The van der Waals surface area contributed by atoms with E-state index in [1.165, 1.54) is 20.7 Å². The topological polar surface area (TPSA) is 231 Å². The third-order valence-electron chi connectivity index (χ3n) is 9.31. The van der Waals surface area contributed by atoms with Crippen molar-refractivity contribution in [2.24, 2.45) is 0 Å². The fourth-order valence-corrected chi connectivity index (χ4v) is 10.9. The van der Waals surface area contributed by atoms with Crippen LogP contribution in [-0.2, 0) is 29.1 Å². The summed E-state index contributed by atoms with van der Waals surface area (Å²) in [5, 5.41) is 26.7. The van der Waals surface area contributed by atoms with Crippen molar-refractivity contribution in [2.45, 2.75) is 52.5 Å². The van der Waals surface area contributed by atoms with E-state index < -0.39 is 29.1 Å². The zero-order valence-electron chi connectivity index (χ0n) is 32.5. The van der Waals surface area contributed by atoms with Crippen LogP contribution in [0, 0.1) is 0 Å². The molecule has 7 rings (SSSR count). The first-order valence-electron chi connectivity index (χ1n) is 18.6. The average Bonchev–Trinajstić information content (AvgIpc) is 3.93. The van der Waals surface area contributed by atoms with Crippen LogP contribution in [0.15, 0.2) is 145 Å². The zero-order valence-corrected chi connectivity index (χ0v) is 38.9. The molecule has 2 fully saturated rings. The second-order valence-electron chi connectivity index (χ2n) is 13.5. The molecule has 0 saturated carbocycles. The van der Waals surface area contributed by atoms with Gasteiger partial charge in [0.15, 0.2) is 0 Å². The summed E-state index contributed by atoms with van der Waals surface area (Å²) < 4.78 is 80.5. The molecule has 2 aliphatic rings. The SMILES string of the molecule is Nc1cccc(-c2ccc(S(=O)(=O)N3CCC[C@@H]3CO)cc2)c1.Nc1cccc(O[B]O)c1.O=S(=O)(Cl)c1ccc(Br)cc1.O=S(=O)(c1ccc(Br)cc1)N1CCC[C@@H]1CO. The third-order valence-corrected chi connectivity index (χ3v) is 15.7. The highest BCUT2D eigenvalue weighted by atomic mass is 79.9. The molecule has 14 nitrogen and oxygen atoms in total. The minimum Gasteiger partial charge on any atom is -0.537 e. The lowest BCUT2D eigenvalue weighted by molar-refractivity contribution is 0.213. The van der Waals surface area contributed by atoms with Crippen LogP contribution in [0.1, 0.15) is 25.7 Å². The molecule has 0 spiro atoms. The molecule has 61 heavy (non-hydrogen) atoms. The van der Waals surface area contributed by atoms with Gasteiger partial charge in [-0.15, -0.1) is 0 Å². The first-order valence-corrected chi connectivity index (χ1v) is 25.3. The maximum absolute atomic E-state index is 12.7. The number of hydrogen-bond acceptors (Lipinski definition) is 12. The molecule has 2 atom stereocenters. The van der Waals surface area contributed by atoms with Gasteiger partial charge in [-0.05, 0) is 122 Å². The number of anilines is 2. The largest absolute Gasteiger partial charge is 0.569 e. The summed E-state index contributed by atoms with van der Waals surface area (Å²) in [5.74, 6) is 0.530. The number of nitrogen functional groups attached to an aromatic ring is 2. The van der Waals surface area contributed by atoms with Crippen molar-refractivity contribution in [3.05, 3.63) is 130 Å². The van der Waals surface area contributed by atoms with Crippen LogP contribution < -0.4 is 16.1 Å². The summed E-state index contributed by atoms with van der Waals surface area (Å²) in [4.78, 5) is 0.647. The van der Waals surface area contributed by atoms with Crippen molar-refractivity contribution in [2.75, 3.05) is 37.8 Å². The Labute approximate surface area is 379 Å². The van der Waals surface area contributed by atoms with Gasteiger partial charge in [0, 0.05) is 62.2 Å². The lowest BCUT2D eigenvalue weighted by atomic mass is 10.1. The van der Waals surface area contributed by atoms with Crippen molar-refractivity contribution in [3.8, 4) is 16.9 Å². The molecule has 5 aromatic rings. The van der Waals surface area contributed by atoms with Gasteiger partial charge in [-0.25, -0.2) is 25.3 Å². The molecule has 2 saturated heterocycles. The van der Waals surface area contributed by atoms with Crippen LogP contribution in [0.5, 0.6) is 5.75 Å². The van der Waals surface area contributed by atoms with Gasteiger partial charge in [0.05, 0.1) is 27.9 Å². The molecular weight excluding hydrogens is 999 g/mol. The Kier molecular flexibility index (Phi) is 19.1. The van der Waals surface area contributed by atoms with Crippen molar-refractivity contribution in [1.29, 1.82) is 0 Å². The second kappa shape index (κ2) is 23.2. The van der Waals surface area contributed by atoms with Crippen LogP contribution in [0.2, 0.25) is 0 Å². The van der Waals surface area contributed by atoms with Crippen molar-refractivity contribution in [1.82, 2.24) is 8.61 Å². The summed E-state index contributed by atoms with van der Waals surface area (Å²) >= 11 is 6.45. The fourth-order valence-electron chi connectivity index (χ4n) is 6.28. The highest BCUT2D eigenvalue weighted by Crippen LogP contribution is 2.29. The lowest BCUT2D eigenvalue weighted by Crippen LogP contribution is -2.37. The van der Waals surface area contributed by atoms with Crippen LogP contribution >= 0.6 is 42.5 Å². The van der Waals surface area contributed by atoms with E-state index in [9.17, 15) is 35.5 Å². The van der Waals surface area contributed by atoms with Crippen molar-refractivity contribution < 1.29 is 45.1 Å². The van der Waals surface area contributed by atoms with Gasteiger partial charge < -0.3 is 31.4 Å². The minimum atomic E-state index is -3.57. The summed E-state index contributed by atoms with van der Waals surface area (Å²) in [6.45, 7) is 0.699. The molecule has 7 N–H and O–H groups in total. The number of nitrogens with zero attached hydrogens (tertiary/aromatic N) is 2. The number of halogens is 3. The standard InChI is InChI=1S/C17H20N2O3S.C11H14BrNO3S.C6H7BNO2.C6H4BrClO2S/c18-15-4-1-3-14(11-15)13-6-8-17(9-7-13)23(21,22)19-10-2-5-16(19)12-20;12-9-3-5-11(6-4-9)17(15,16)13-7-1-2-10(13)8-14;8-5-2-1-3-6(4-5)10-7-9;7-5-1-3-6(4-2-5)11(8,9)10/h1,3-4,6-9,11,16,20H,2,5,10,12,18H2;3-6,10,14H,1-2,7-8H2;1-4,9H,8H2;1-4H/t16-;10-;;/m11../s1. The van der Waals surface area contributed by atoms with Gasteiger partial charge in [-0.2, -0.15) is 8.61 Å². The normalized spacial score (nSPS) is 16.8. The van der Waals surface area contributed by atoms with E-state index >= 15 is 0 Å². The molecule has 0 bridgehead atoms. The Morgan fingerprint density at radius 3 is 1.46 bits per heavy atom. The predicted octanol–water partition coefficient (Wildman–Crippen LogP) is 6.23. The first-order chi connectivity index (χ1) is 28.9. The average molecular weight is 1040 g/mol. The second-order valence-corrected chi connectivity index (χ2v) is 21.7. The number of sulfonamides is 2. The molecule has 5 aromatic carbocycles. The molecule has 21 heteroatoms. The molecule has 0 aliphatic carbocycles. The molecular formula is C40H45BBr2ClN4O10S3. The lowest BCUT2D eigenvalue weighted by Gasteiger charge is -2.22. The summed E-state index contributed by atoms with van der Waals surface area (Å²) in [7, 11) is -4.90. The number of hydrogen-bond donors (Lipinski definition) is 5. The quantitative estimate of drug-likeness (QED) is 0.0596. The van der Waals surface area contributed by atoms with Gasteiger partial charge in [-0.3, -0.25) is 0 Å². The van der Waals surface area contributed by atoms with Crippen LogP contribution in [0.3, 0.4) is 0 Å². The number of aliphatic hydroxyl groups excluding tert-OH is 2. The Morgan fingerprint density at radius 2 is 1.05 bits per heavy atom. The van der Waals surface area contributed by atoms with E-state index in [0.717, 1.165) is 39.3 Å². The molecule has 0 amide bonds. The fraction of sp³-hybridized carbons (Fsp3) is 0.250. The Morgan fingerprint density at radius 1 is 0.623 bits per heavy atom. The highest BCUT2D eigenvalue weighted by molar-refractivity contribution is 9.10. The summed E-state index contributed by atoms with van der Waals surface area (Å²) in [6, 6.07) is 33.1. The Hall–Kier alpha value is -3.54. The maximum atomic E-state index is 12.7. The van der Waals surface area contributed by atoms with E-state index in [1.807, 2.05) is 24.3 Å². The smallest absolute Gasteiger partial charge is 0.537 e. The molecule has 1 radical (unpaired) electrons. The van der Waals surface area contributed by atoms with Crippen LogP contribution in [0.25, 0.3) is 11.1 Å². The molecule has 0 aromatic heterocycles. The molecule has 0 unspecified atom stereocenters. The Bertz CT molecular complexity index is 2510. The monoisotopic (exact) mass is 1040 g/mol. The van der Waals surface area contributed by atoms with Gasteiger partial charge in [-0.1, -0.05) is 62.2 Å². The minimum absolute atomic E-state index is 0.113. The molecule has 327 valence electrons. The Balaban J connectivity index is 0.000000190. The number of aliphatic hydroxyl groups is 2. The van der Waals surface area contributed by atoms with Gasteiger partial charge in [0.2, 0.25) is 20.0 Å². The van der Waals surface area contributed by atoms with E-state index in [0.29, 0.717) is 44.3 Å². The number of benzene rings is 5. The zero-order chi connectivity index (χ0) is 44.8. The number of nitrogens with two attached hydrogens (primary N) is 2. The predicted molar refractivity (Wildman–Crippen MR) is 245 cm³/mol. The van der Waals surface area contributed by atoms with Gasteiger partial charge in [0.25, 0.3) is 9.05 Å². The highest BCUT2D eigenvalue weighted by Gasteiger charge is 2.35. The summed E-state index contributed by atoms with van der Waals surface area (Å²) in [5.41, 5.74) is 14.3. The van der Waals surface area contributed by atoms with Gasteiger partial charge >= 0.3 is 7.69 Å². The van der Waals surface area contributed by atoms with Gasteiger partial charge in [0.1, 0.15) is 5.75 Å². The molecule has 2 aliphatic heterocycles. The van der Waals surface area contributed by atoms with E-state index in [-0.39, 0.29) is 40.0 Å². The summed E-state index contributed by atoms with van der Waals surface area (Å²) in [6.07, 6.45) is 3.02. The third kappa shape index (κ3) is 14.5. The first kappa shape index (κ1) is 50.1. The van der Waals surface area contributed by atoms with Crippen molar-refractivity contribution in [3.63, 3.8) is 0 Å². The van der Waals surface area contributed by atoms with E-state index in [4.69, 9.17) is 27.2 Å². The number of rotatable bonds is 10. The molecule has 2 heterocycles. The van der Waals surface area contributed by atoms with E-state index in [1.54, 1.807) is 84.9 Å². The maximum Gasteiger partial charge on any atom is 0.569 e. The van der Waals surface area contributed by atoms with E-state index in [2.05, 4.69) is 36.5 Å². The van der Waals surface area contributed by atoms with Crippen LogP contribution in [-0.4, -0.2) is 95.2 Å².